The summed E-state index contributed by atoms with van der Waals surface area (Å²) in [5.41, 5.74) is -0.959. The van der Waals surface area contributed by atoms with E-state index in [1.165, 1.54) is 0 Å². The summed E-state index contributed by atoms with van der Waals surface area (Å²) in [7, 11) is 0. The third-order valence-electron chi connectivity index (χ3n) is 3.55. The molecular formula is C13H24O6. The zero-order valence-corrected chi connectivity index (χ0v) is 12.2. The van der Waals surface area contributed by atoms with Crippen LogP contribution in [0.2, 0.25) is 0 Å². The molecule has 2 aliphatic heterocycles. The van der Waals surface area contributed by atoms with E-state index in [9.17, 15) is 10.2 Å². The number of rotatable bonds is 3. The maximum Gasteiger partial charge on any atom is 0.163 e. The molecule has 2 rings (SSSR count). The Morgan fingerprint density at radius 2 is 1.63 bits per heavy atom. The van der Waals surface area contributed by atoms with Crippen molar-refractivity contribution >= 4 is 0 Å². The van der Waals surface area contributed by atoms with Gasteiger partial charge in [-0.1, -0.05) is 0 Å². The lowest BCUT2D eigenvalue weighted by Crippen LogP contribution is -2.54. The van der Waals surface area contributed by atoms with Gasteiger partial charge < -0.3 is 29.2 Å². The molecule has 112 valence electrons. The molecule has 2 fully saturated rings. The number of ether oxygens (including phenoxy) is 4. The highest BCUT2D eigenvalue weighted by Crippen LogP contribution is 2.36. The maximum atomic E-state index is 10.3. The second-order valence-corrected chi connectivity index (χ2v) is 6.41. The molecule has 0 aromatic carbocycles. The highest BCUT2D eigenvalue weighted by Gasteiger charge is 2.52. The second kappa shape index (κ2) is 4.65. The molecule has 6 heteroatoms. The lowest BCUT2D eigenvalue weighted by molar-refractivity contribution is -0.209. The molecule has 2 N–H and O–H groups in total. The van der Waals surface area contributed by atoms with Gasteiger partial charge in [-0.25, -0.2) is 0 Å². The van der Waals surface area contributed by atoms with Crippen molar-refractivity contribution in [2.45, 2.75) is 70.1 Å². The van der Waals surface area contributed by atoms with Gasteiger partial charge in [0.05, 0.1) is 13.2 Å². The van der Waals surface area contributed by atoms with Gasteiger partial charge in [-0.15, -0.1) is 0 Å². The Kier molecular flexibility index (Phi) is 3.71. The molecule has 0 amide bonds. The molecule has 0 spiro atoms. The molecule has 6 nitrogen and oxygen atoms in total. The standard InChI is InChI=1S/C13H24O6/c1-11(2)16-6-8(18-11)9(14)10(15)13(5)7-17-12(3,4)19-13/h8-10,14-15H,6-7H2,1-5H3. The van der Waals surface area contributed by atoms with E-state index < -0.39 is 35.5 Å². The van der Waals surface area contributed by atoms with Crippen LogP contribution in [0.3, 0.4) is 0 Å². The van der Waals surface area contributed by atoms with E-state index in [0.717, 1.165) is 0 Å². The van der Waals surface area contributed by atoms with Crippen molar-refractivity contribution in [3.05, 3.63) is 0 Å². The van der Waals surface area contributed by atoms with Crippen LogP contribution >= 0.6 is 0 Å². The zero-order valence-electron chi connectivity index (χ0n) is 12.2. The number of aliphatic hydroxyl groups is 2. The first-order valence-corrected chi connectivity index (χ1v) is 6.57. The van der Waals surface area contributed by atoms with Crippen LogP contribution in [0, 0.1) is 0 Å². The predicted octanol–water partition coefficient (Wildman–Crippen LogP) is 0.401. The molecule has 0 aromatic rings. The fourth-order valence-electron chi connectivity index (χ4n) is 2.53. The molecule has 4 atom stereocenters. The summed E-state index contributed by atoms with van der Waals surface area (Å²) < 4.78 is 22.1. The normalized spacial score (nSPS) is 40.3. The van der Waals surface area contributed by atoms with E-state index >= 15 is 0 Å². The molecule has 0 bridgehead atoms. The molecule has 2 aliphatic rings. The molecule has 2 heterocycles. The summed E-state index contributed by atoms with van der Waals surface area (Å²) in [6.45, 7) is 9.26. The van der Waals surface area contributed by atoms with Gasteiger partial charge in [0.2, 0.25) is 0 Å². The van der Waals surface area contributed by atoms with Gasteiger partial charge in [0.15, 0.2) is 11.6 Å². The Hall–Kier alpha value is -0.240. The minimum absolute atomic E-state index is 0.217. The van der Waals surface area contributed by atoms with E-state index in [2.05, 4.69) is 0 Å². The van der Waals surface area contributed by atoms with Crippen LogP contribution in [0.4, 0.5) is 0 Å². The fourth-order valence-corrected chi connectivity index (χ4v) is 2.53. The van der Waals surface area contributed by atoms with Crippen molar-refractivity contribution in [2.24, 2.45) is 0 Å². The van der Waals surface area contributed by atoms with Crippen LogP contribution in [-0.4, -0.2) is 58.9 Å². The van der Waals surface area contributed by atoms with Crippen molar-refractivity contribution in [3.8, 4) is 0 Å². The molecular weight excluding hydrogens is 252 g/mol. The van der Waals surface area contributed by atoms with Gasteiger partial charge in [0.1, 0.15) is 23.9 Å². The molecule has 0 aromatic heterocycles. The molecule has 19 heavy (non-hydrogen) atoms. The quantitative estimate of drug-likeness (QED) is 0.777. The number of aliphatic hydroxyl groups excluding tert-OH is 2. The van der Waals surface area contributed by atoms with Gasteiger partial charge in [-0.05, 0) is 34.6 Å². The Bertz CT molecular complexity index is 342. The Morgan fingerprint density at radius 1 is 1.00 bits per heavy atom. The first kappa shape index (κ1) is 15.2. The largest absolute Gasteiger partial charge is 0.387 e. The predicted molar refractivity (Wildman–Crippen MR) is 66.4 cm³/mol. The van der Waals surface area contributed by atoms with E-state index in [4.69, 9.17) is 18.9 Å². The van der Waals surface area contributed by atoms with Gasteiger partial charge in [0.25, 0.3) is 0 Å². The Labute approximate surface area is 113 Å². The van der Waals surface area contributed by atoms with Gasteiger partial charge >= 0.3 is 0 Å². The SMILES string of the molecule is CC1(C)OCC(C(O)C(O)C2(C)COC(C)(C)O2)O1. The molecule has 0 radical (unpaired) electrons. The van der Waals surface area contributed by atoms with Crippen molar-refractivity contribution < 1.29 is 29.2 Å². The highest BCUT2D eigenvalue weighted by atomic mass is 16.8. The lowest BCUT2D eigenvalue weighted by atomic mass is 9.93. The summed E-state index contributed by atoms with van der Waals surface area (Å²) >= 11 is 0. The summed E-state index contributed by atoms with van der Waals surface area (Å²) in [5.74, 6) is -1.50. The summed E-state index contributed by atoms with van der Waals surface area (Å²) in [5, 5.41) is 20.6. The summed E-state index contributed by atoms with van der Waals surface area (Å²) in [6, 6.07) is 0. The number of hydrogen-bond donors (Lipinski definition) is 2. The smallest absolute Gasteiger partial charge is 0.163 e. The average molecular weight is 276 g/mol. The van der Waals surface area contributed by atoms with Gasteiger partial charge in [-0.2, -0.15) is 0 Å². The minimum Gasteiger partial charge on any atom is -0.387 e. The fraction of sp³-hybridized carbons (Fsp3) is 1.00. The highest BCUT2D eigenvalue weighted by molar-refractivity contribution is 4.97. The third kappa shape index (κ3) is 3.09. The summed E-state index contributed by atoms with van der Waals surface area (Å²) in [4.78, 5) is 0. The second-order valence-electron chi connectivity index (χ2n) is 6.41. The van der Waals surface area contributed by atoms with E-state index in [1.54, 1.807) is 34.6 Å². The van der Waals surface area contributed by atoms with Crippen LogP contribution in [0.25, 0.3) is 0 Å². The monoisotopic (exact) mass is 276 g/mol. The van der Waals surface area contributed by atoms with Gasteiger partial charge in [0, 0.05) is 0 Å². The van der Waals surface area contributed by atoms with Crippen molar-refractivity contribution in [3.63, 3.8) is 0 Å². The van der Waals surface area contributed by atoms with E-state index in [1.807, 2.05) is 0 Å². The third-order valence-corrected chi connectivity index (χ3v) is 3.55. The molecule has 4 unspecified atom stereocenters. The summed E-state index contributed by atoms with van der Waals surface area (Å²) in [6.07, 6.45) is -2.78. The van der Waals surface area contributed by atoms with Crippen molar-refractivity contribution in [1.29, 1.82) is 0 Å². The van der Waals surface area contributed by atoms with Crippen LogP contribution in [0.15, 0.2) is 0 Å². The average Bonchev–Trinajstić information content (AvgIpc) is 2.77. The number of hydrogen-bond acceptors (Lipinski definition) is 6. The lowest BCUT2D eigenvalue weighted by Gasteiger charge is -2.34. The first-order chi connectivity index (χ1) is 8.55. The Morgan fingerprint density at radius 3 is 2.05 bits per heavy atom. The Balaban J connectivity index is 2.02. The molecule has 2 saturated heterocycles. The minimum atomic E-state index is -1.11. The van der Waals surface area contributed by atoms with E-state index in [0.29, 0.717) is 0 Å². The van der Waals surface area contributed by atoms with Crippen molar-refractivity contribution in [1.82, 2.24) is 0 Å². The van der Waals surface area contributed by atoms with Gasteiger partial charge in [-0.3, -0.25) is 0 Å². The van der Waals surface area contributed by atoms with E-state index in [-0.39, 0.29) is 13.2 Å². The van der Waals surface area contributed by atoms with Crippen LogP contribution in [0.5, 0.6) is 0 Å². The first-order valence-electron chi connectivity index (χ1n) is 6.57. The van der Waals surface area contributed by atoms with Crippen molar-refractivity contribution in [2.75, 3.05) is 13.2 Å². The van der Waals surface area contributed by atoms with Crippen LogP contribution in [0.1, 0.15) is 34.6 Å². The molecule has 0 saturated carbocycles. The molecule has 0 aliphatic carbocycles. The topological polar surface area (TPSA) is 77.4 Å². The van der Waals surface area contributed by atoms with Crippen LogP contribution in [-0.2, 0) is 18.9 Å². The zero-order chi connectivity index (χ0) is 14.5. The van der Waals surface area contributed by atoms with Crippen LogP contribution < -0.4 is 0 Å². The maximum absolute atomic E-state index is 10.3.